The van der Waals surface area contributed by atoms with Crippen LogP contribution in [0.3, 0.4) is 0 Å². The molecule has 0 amide bonds. The Labute approximate surface area is 147 Å². The summed E-state index contributed by atoms with van der Waals surface area (Å²) in [5, 5.41) is 7.22. The molecule has 0 radical (unpaired) electrons. The molecule has 4 heteroatoms. The van der Waals surface area contributed by atoms with E-state index in [1.54, 1.807) is 7.11 Å². The Hall–Kier alpha value is -1.26. The van der Waals surface area contributed by atoms with E-state index in [4.69, 9.17) is 9.47 Å². The molecule has 1 aliphatic heterocycles. The zero-order valence-corrected chi connectivity index (χ0v) is 15.7. The minimum Gasteiger partial charge on any atom is -0.493 e. The second kappa shape index (κ2) is 9.90. The van der Waals surface area contributed by atoms with Crippen LogP contribution in [-0.4, -0.2) is 32.3 Å². The first-order chi connectivity index (χ1) is 11.6. The van der Waals surface area contributed by atoms with Crippen LogP contribution in [0.4, 0.5) is 0 Å². The van der Waals surface area contributed by atoms with Crippen molar-refractivity contribution in [2.24, 2.45) is 5.92 Å². The van der Waals surface area contributed by atoms with Crippen LogP contribution in [0.1, 0.15) is 52.0 Å². The number of piperidine rings is 1. The monoisotopic (exact) mass is 334 g/mol. The van der Waals surface area contributed by atoms with Gasteiger partial charge in [-0.3, -0.25) is 0 Å². The van der Waals surface area contributed by atoms with E-state index >= 15 is 0 Å². The average molecular weight is 335 g/mol. The van der Waals surface area contributed by atoms with Gasteiger partial charge in [-0.15, -0.1) is 0 Å². The predicted octanol–water partition coefficient (Wildman–Crippen LogP) is 3.74. The highest BCUT2D eigenvalue weighted by Crippen LogP contribution is 2.28. The molecule has 2 N–H and O–H groups in total. The molecule has 2 atom stereocenters. The van der Waals surface area contributed by atoms with Crippen LogP contribution in [0.2, 0.25) is 0 Å². The highest BCUT2D eigenvalue weighted by atomic mass is 16.5. The second-order valence-electron chi connectivity index (χ2n) is 7.34. The first-order valence-corrected chi connectivity index (χ1v) is 9.35. The first kappa shape index (κ1) is 19.1. The van der Waals surface area contributed by atoms with Gasteiger partial charge in [0.15, 0.2) is 11.5 Å². The van der Waals surface area contributed by atoms with E-state index in [2.05, 4.69) is 43.5 Å². The molecule has 1 aromatic rings. The maximum absolute atomic E-state index is 5.85. The average Bonchev–Trinajstić information content (AvgIpc) is 2.55. The van der Waals surface area contributed by atoms with Crippen LogP contribution in [-0.2, 0) is 6.54 Å². The van der Waals surface area contributed by atoms with Crippen molar-refractivity contribution in [2.75, 3.05) is 20.3 Å². The van der Waals surface area contributed by atoms with Gasteiger partial charge in [-0.2, -0.15) is 0 Å². The number of rotatable bonds is 9. The molecule has 1 saturated heterocycles. The van der Waals surface area contributed by atoms with Crippen LogP contribution < -0.4 is 20.1 Å². The van der Waals surface area contributed by atoms with Gasteiger partial charge in [-0.25, -0.2) is 0 Å². The van der Waals surface area contributed by atoms with Crippen molar-refractivity contribution in [1.29, 1.82) is 0 Å². The Morgan fingerprint density at radius 2 is 2.08 bits per heavy atom. The SMILES string of the molecule is COc1cc(CNCC2CCCC(C)N2)ccc1OCCC(C)C. The quantitative estimate of drug-likeness (QED) is 0.722. The van der Waals surface area contributed by atoms with Crippen molar-refractivity contribution >= 4 is 0 Å². The van der Waals surface area contributed by atoms with Gasteiger partial charge in [-0.1, -0.05) is 26.3 Å². The lowest BCUT2D eigenvalue weighted by Gasteiger charge is -2.29. The van der Waals surface area contributed by atoms with Gasteiger partial charge >= 0.3 is 0 Å². The molecule has 4 nitrogen and oxygen atoms in total. The summed E-state index contributed by atoms with van der Waals surface area (Å²) in [5.74, 6) is 2.31. The lowest BCUT2D eigenvalue weighted by Crippen LogP contribution is -2.45. The first-order valence-electron chi connectivity index (χ1n) is 9.35. The fourth-order valence-corrected chi connectivity index (χ4v) is 3.14. The number of methoxy groups -OCH3 is 1. The van der Waals surface area contributed by atoms with E-state index in [0.29, 0.717) is 18.0 Å². The Bertz CT molecular complexity index is 491. The van der Waals surface area contributed by atoms with Crippen molar-refractivity contribution in [3.8, 4) is 11.5 Å². The number of nitrogens with one attached hydrogen (secondary N) is 2. The van der Waals surface area contributed by atoms with Gasteiger partial charge in [0, 0.05) is 25.2 Å². The molecule has 24 heavy (non-hydrogen) atoms. The van der Waals surface area contributed by atoms with E-state index in [1.807, 2.05) is 6.07 Å². The van der Waals surface area contributed by atoms with Crippen molar-refractivity contribution in [1.82, 2.24) is 10.6 Å². The van der Waals surface area contributed by atoms with Gasteiger partial charge in [0.25, 0.3) is 0 Å². The maximum atomic E-state index is 5.85. The highest BCUT2D eigenvalue weighted by Gasteiger charge is 2.17. The Morgan fingerprint density at radius 3 is 2.79 bits per heavy atom. The third-order valence-corrected chi connectivity index (χ3v) is 4.61. The molecule has 0 aromatic heterocycles. The fraction of sp³-hybridized carbons (Fsp3) is 0.700. The fourth-order valence-electron chi connectivity index (χ4n) is 3.14. The molecule has 2 rings (SSSR count). The predicted molar refractivity (Wildman–Crippen MR) is 99.9 cm³/mol. The van der Waals surface area contributed by atoms with Crippen LogP contribution in [0.5, 0.6) is 11.5 Å². The number of hydrogen-bond acceptors (Lipinski definition) is 4. The molecule has 1 fully saturated rings. The molecule has 0 saturated carbocycles. The number of hydrogen-bond donors (Lipinski definition) is 2. The Kier molecular flexibility index (Phi) is 7.86. The van der Waals surface area contributed by atoms with E-state index in [0.717, 1.165) is 37.6 Å². The molecule has 1 aromatic carbocycles. The maximum Gasteiger partial charge on any atom is 0.161 e. The second-order valence-corrected chi connectivity index (χ2v) is 7.34. The largest absolute Gasteiger partial charge is 0.493 e. The lowest BCUT2D eigenvalue weighted by molar-refractivity contribution is 0.272. The summed E-state index contributed by atoms with van der Waals surface area (Å²) in [5.41, 5.74) is 1.23. The molecule has 0 spiro atoms. The summed E-state index contributed by atoms with van der Waals surface area (Å²) in [7, 11) is 1.70. The third-order valence-electron chi connectivity index (χ3n) is 4.61. The summed E-state index contributed by atoms with van der Waals surface area (Å²) in [6.45, 7) is 9.29. The van der Waals surface area contributed by atoms with E-state index in [-0.39, 0.29) is 0 Å². The standard InChI is InChI=1S/C20H34N2O2/c1-15(2)10-11-24-19-9-8-17(12-20(19)23-4)13-21-14-18-7-5-6-16(3)22-18/h8-9,12,15-16,18,21-22H,5-7,10-11,13-14H2,1-4H3. The Morgan fingerprint density at radius 1 is 1.25 bits per heavy atom. The van der Waals surface area contributed by atoms with Crippen LogP contribution in [0.25, 0.3) is 0 Å². The minimum absolute atomic E-state index is 0.592. The molecule has 1 heterocycles. The normalized spacial score (nSPS) is 21.0. The number of ether oxygens (including phenoxy) is 2. The minimum atomic E-state index is 0.592. The van der Waals surface area contributed by atoms with E-state index in [9.17, 15) is 0 Å². The van der Waals surface area contributed by atoms with Crippen LogP contribution in [0.15, 0.2) is 18.2 Å². The topological polar surface area (TPSA) is 42.5 Å². The van der Waals surface area contributed by atoms with Crippen LogP contribution in [0, 0.1) is 5.92 Å². The van der Waals surface area contributed by atoms with Gasteiger partial charge in [0.2, 0.25) is 0 Å². The van der Waals surface area contributed by atoms with E-state index < -0.39 is 0 Å². The Balaban J connectivity index is 1.80. The zero-order chi connectivity index (χ0) is 17.4. The van der Waals surface area contributed by atoms with Crippen molar-refractivity contribution in [3.05, 3.63) is 23.8 Å². The molecule has 1 aliphatic rings. The smallest absolute Gasteiger partial charge is 0.161 e. The van der Waals surface area contributed by atoms with Crippen LogP contribution >= 0.6 is 0 Å². The van der Waals surface area contributed by atoms with Gasteiger partial charge in [0.05, 0.1) is 13.7 Å². The van der Waals surface area contributed by atoms with Gasteiger partial charge in [-0.05, 0) is 49.8 Å². The summed E-state index contributed by atoms with van der Waals surface area (Å²) >= 11 is 0. The number of benzene rings is 1. The summed E-state index contributed by atoms with van der Waals surface area (Å²) in [4.78, 5) is 0. The summed E-state index contributed by atoms with van der Waals surface area (Å²) in [6.07, 6.45) is 4.95. The van der Waals surface area contributed by atoms with Crippen molar-refractivity contribution in [3.63, 3.8) is 0 Å². The highest BCUT2D eigenvalue weighted by molar-refractivity contribution is 5.42. The van der Waals surface area contributed by atoms with Crippen molar-refractivity contribution < 1.29 is 9.47 Å². The molecule has 0 aliphatic carbocycles. The van der Waals surface area contributed by atoms with Gasteiger partial charge < -0.3 is 20.1 Å². The molecular weight excluding hydrogens is 300 g/mol. The van der Waals surface area contributed by atoms with Crippen molar-refractivity contribution in [2.45, 2.75) is 65.1 Å². The third kappa shape index (κ3) is 6.33. The molecule has 2 unspecified atom stereocenters. The van der Waals surface area contributed by atoms with E-state index in [1.165, 1.54) is 24.8 Å². The molecule has 0 bridgehead atoms. The lowest BCUT2D eigenvalue weighted by atomic mass is 9.99. The van der Waals surface area contributed by atoms with Gasteiger partial charge in [0.1, 0.15) is 0 Å². The summed E-state index contributed by atoms with van der Waals surface area (Å²) in [6, 6.07) is 7.46. The molecule has 136 valence electrons. The molecular formula is C20H34N2O2. The zero-order valence-electron chi connectivity index (χ0n) is 15.7. The summed E-state index contributed by atoms with van der Waals surface area (Å²) < 4.78 is 11.3.